The van der Waals surface area contributed by atoms with Gasteiger partial charge in [0.25, 0.3) is 5.91 Å². The van der Waals surface area contributed by atoms with E-state index in [2.05, 4.69) is 16.0 Å². The van der Waals surface area contributed by atoms with Crippen molar-refractivity contribution in [3.63, 3.8) is 0 Å². The van der Waals surface area contributed by atoms with Crippen molar-refractivity contribution in [1.29, 1.82) is 0 Å². The van der Waals surface area contributed by atoms with Crippen LogP contribution in [-0.4, -0.2) is 24.0 Å². The topological polar surface area (TPSA) is 92.6 Å². The lowest BCUT2D eigenvalue weighted by Crippen LogP contribution is -2.32. The molecule has 0 aliphatic rings. The molecular formula is C26H21N3O4S2. The van der Waals surface area contributed by atoms with E-state index in [-0.39, 0.29) is 11.0 Å². The van der Waals surface area contributed by atoms with Crippen LogP contribution in [0.3, 0.4) is 0 Å². The molecule has 2 amide bonds. The summed E-state index contributed by atoms with van der Waals surface area (Å²) in [7, 11) is 1.50. The first-order valence-corrected chi connectivity index (χ1v) is 11.8. The minimum atomic E-state index is -0.410. The second kappa shape index (κ2) is 11.3. The summed E-state index contributed by atoms with van der Waals surface area (Å²) in [6, 6.07) is 22.0. The zero-order chi connectivity index (χ0) is 24.6. The predicted molar refractivity (Wildman–Crippen MR) is 143 cm³/mol. The number of benzene rings is 2. The molecule has 0 spiro atoms. The molecule has 2 aromatic heterocycles. The molecule has 176 valence electrons. The molecule has 0 fully saturated rings. The second-order valence-corrected chi connectivity index (χ2v) is 8.55. The van der Waals surface area contributed by atoms with Gasteiger partial charge in [0.2, 0.25) is 5.91 Å². The number of furan rings is 1. The standard InChI is InChI=1S/C26H21N3O4S2/c1-32-22-16-18(9-12-20(22)28-25(31)23-8-5-15-35-23)27-26(34)29-24(30)14-11-19-10-13-21(33-19)17-6-3-2-4-7-17/h2-16H,1H3,(H,28,31)(H2,27,29,30,34)/b14-11+. The van der Waals surface area contributed by atoms with E-state index in [1.54, 1.807) is 36.4 Å². The summed E-state index contributed by atoms with van der Waals surface area (Å²) in [5, 5.41) is 10.3. The number of hydrogen-bond acceptors (Lipinski definition) is 6. The minimum Gasteiger partial charge on any atom is -0.494 e. The number of hydrogen-bond donors (Lipinski definition) is 3. The Labute approximate surface area is 211 Å². The monoisotopic (exact) mass is 503 g/mol. The minimum absolute atomic E-state index is 0.112. The van der Waals surface area contributed by atoms with E-state index in [1.807, 2.05) is 47.8 Å². The average Bonchev–Trinajstić information content (AvgIpc) is 3.57. The summed E-state index contributed by atoms with van der Waals surface area (Å²) < 4.78 is 11.1. The molecule has 9 heteroatoms. The van der Waals surface area contributed by atoms with Crippen LogP contribution in [0.25, 0.3) is 17.4 Å². The molecule has 4 rings (SSSR count). The molecule has 2 heterocycles. The molecule has 0 saturated heterocycles. The van der Waals surface area contributed by atoms with E-state index in [1.165, 1.54) is 24.5 Å². The van der Waals surface area contributed by atoms with E-state index in [9.17, 15) is 9.59 Å². The molecule has 0 aliphatic carbocycles. The summed E-state index contributed by atoms with van der Waals surface area (Å²) in [4.78, 5) is 25.2. The molecule has 0 bridgehead atoms. The number of anilines is 2. The Morgan fingerprint density at radius 2 is 1.83 bits per heavy atom. The SMILES string of the molecule is COc1cc(NC(=S)NC(=O)/C=C/c2ccc(-c3ccccc3)o2)ccc1NC(=O)c1cccs1. The maximum absolute atomic E-state index is 12.3. The number of thiocarbonyl (C=S) groups is 1. The van der Waals surface area contributed by atoms with Crippen LogP contribution in [0.15, 0.2) is 88.7 Å². The van der Waals surface area contributed by atoms with Gasteiger partial charge in [0.05, 0.1) is 17.7 Å². The molecule has 0 radical (unpaired) electrons. The van der Waals surface area contributed by atoms with Crippen LogP contribution < -0.4 is 20.7 Å². The Balaban J connectivity index is 1.32. The van der Waals surface area contributed by atoms with Crippen molar-refractivity contribution >= 4 is 57.9 Å². The van der Waals surface area contributed by atoms with E-state index in [0.717, 1.165) is 5.56 Å². The summed E-state index contributed by atoms with van der Waals surface area (Å²) in [6.07, 6.45) is 2.91. The molecular weight excluding hydrogens is 482 g/mol. The summed E-state index contributed by atoms with van der Waals surface area (Å²) in [6.45, 7) is 0. The Bertz CT molecular complexity index is 1360. The number of amides is 2. The van der Waals surface area contributed by atoms with Crippen LogP contribution in [0.2, 0.25) is 0 Å². The van der Waals surface area contributed by atoms with Crippen LogP contribution in [0.1, 0.15) is 15.4 Å². The largest absolute Gasteiger partial charge is 0.494 e. The summed E-state index contributed by atoms with van der Waals surface area (Å²) in [5.74, 6) is 1.07. The van der Waals surface area contributed by atoms with Crippen molar-refractivity contribution in [2.75, 3.05) is 17.7 Å². The van der Waals surface area contributed by atoms with Crippen molar-refractivity contribution in [2.45, 2.75) is 0 Å². The number of thiophene rings is 1. The molecule has 0 saturated carbocycles. The molecule has 2 aromatic carbocycles. The zero-order valence-electron chi connectivity index (χ0n) is 18.6. The average molecular weight is 504 g/mol. The predicted octanol–water partition coefficient (Wildman–Crippen LogP) is 5.80. The Morgan fingerprint density at radius 3 is 2.57 bits per heavy atom. The first-order chi connectivity index (χ1) is 17.0. The summed E-state index contributed by atoms with van der Waals surface area (Å²) >= 11 is 6.59. The lowest BCUT2D eigenvalue weighted by atomic mass is 10.2. The van der Waals surface area contributed by atoms with Gasteiger partial charge in [0.15, 0.2) is 5.11 Å². The first-order valence-electron chi connectivity index (χ1n) is 10.5. The Morgan fingerprint density at radius 1 is 1.00 bits per heavy atom. The van der Waals surface area contributed by atoms with Crippen LogP contribution >= 0.6 is 23.6 Å². The molecule has 3 N–H and O–H groups in total. The lowest BCUT2D eigenvalue weighted by Gasteiger charge is -2.13. The third-order valence-electron chi connectivity index (χ3n) is 4.77. The van der Waals surface area contributed by atoms with Crippen LogP contribution in [-0.2, 0) is 4.79 Å². The van der Waals surface area contributed by atoms with Gasteiger partial charge in [-0.05, 0) is 54.0 Å². The zero-order valence-corrected chi connectivity index (χ0v) is 20.2. The van der Waals surface area contributed by atoms with Crippen molar-refractivity contribution in [3.8, 4) is 17.1 Å². The summed E-state index contributed by atoms with van der Waals surface area (Å²) in [5.41, 5.74) is 2.06. The third-order valence-corrected chi connectivity index (χ3v) is 5.85. The number of nitrogens with one attached hydrogen (secondary N) is 3. The maximum atomic E-state index is 12.3. The first kappa shape index (κ1) is 23.9. The highest BCUT2D eigenvalue weighted by molar-refractivity contribution is 7.80. The highest BCUT2D eigenvalue weighted by Crippen LogP contribution is 2.29. The highest BCUT2D eigenvalue weighted by Gasteiger charge is 2.12. The van der Waals surface area contributed by atoms with E-state index < -0.39 is 5.91 Å². The van der Waals surface area contributed by atoms with Crippen molar-refractivity contribution in [3.05, 3.63) is 94.9 Å². The van der Waals surface area contributed by atoms with E-state index in [4.69, 9.17) is 21.4 Å². The number of carbonyl (C=O) groups is 2. The van der Waals surface area contributed by atoms with Crippen LogP contribution in [0.4, 0.5) is 11.4 Å². The number of carbonyl (C=O) groups excluding carboxylic acids is 2. The van der Waals surface area contributed by atoms with Gasteiger partial charge in [0.1, 0.15) is 17.3 Å². The number of rotatable bonds is 7. The highest BCUT2D eigenvalue weighted by atomic mass is 32.1. The molecule has 0 aliphatic heterocycles. The number of ether oxygens (including phenoxy) is 1. The van der Waals surface area contributed by atoms with Gasteiger partial charge in [0, 0.05) is 23.4 Å². The molecule has 7 nitrogen and oxygen atoms in total. The fraction of sp³-hybridized carbons (Fsp3) is 0.0385. The van der Waals surface area contributed by atoms with Crippen molar-refractivity contribution < 1.29 is 18.7 Å². The molecule has 0 atom stereocenters. The Hall–Kier alpha value is -4.21. The van der Waals surface area contributed by atoms with Gasteiger partial charge < -0.3 is 19.8 Å². The van der Waals surface area contributed by atoms with Gasteiger partial charge in [-0.1, -0.05) is 36.4 Å². The van der Waals surface area contributed by atoms with Crippen molar-refractivity contribution in [1.82, 2.24) is 5.32 Å². The van der Waals surface area contributed by atoms with Gasteiger partial charge >= 0.3 is 0 Å². The van der Waals surface area contributed by atoms with Crippen molar-refractivity contribution in [2.24, 2.45) is 0 Å². The van der Waals surface area contributed by atoms with Gasteiger partial charge in [-0.2, -0.15) is 0 Å². The van der Waals surface area contributed by atoms with Crippen LogP contribution in [0, 0.1) is 0 Å². The second-order valence-electron chi connectivity index (χ2n) is 7.19. The lowest BCUT2D eigenvalue weighted by molar-refractivity contribution is -0.115. The smallest absolute Gasteiger partial charge is 0.265 e. The molecule has 0 unspecified atom stereocenters. The van der Waals surface area contributed by atoms with Gasteiger partial charge in [-0.3, -0.25) is 14.9 Å². The third kappa shape index (κ3) is 6.44. The molecule has 4 aromatic rings. The maximum Gasteiger partial charge on any atom is 0.265 e. The molecule has 35 heavy (non-hydrogen) atoms. The quantitative estimate of drug-likeness (QED) is 0.218. The van der Waals surface area contributed by atoms with E-state index in [0.29, 0.717) is 33.5 Å². The van der Waals surface area contributed by atoms with E-state index >= 15 is 0 Å². The fourth-order valence-corrected chi connectivity index (χ4v) is 3.98. The number of methoxy groups -OCH3 is 1. The van der Waals surface area contributed by atoms with Gasteiger partial charge in [-0.25, -0.2) is 0 Å². The fourth-order valence-electron chi connectivity index (χ4n) is 3.14. The Kier molecular flexibility index (Phi) is 7.71. The van der Waals surface area contributed by atoms with Gasteiger partial charge in [-0.15, -0.1) is 11.3 Å². The van der Waals surface area contributed by atoms with Crippen LogP contribution in [0.5, 0.6) is 5.75 Å². The normalized spacial score (nSPS) is 10.7.